The Hall–Kier alpha value is -1.31. The first-order valence-electron chi connectivity index (χ1n) is 11.4. The van der Waals surface area contributed by atoms with E-state index in [0.29, 0.717) is 5.41 Å². The fourth-order valence-electron chi connectivity index (χ4n) is 4.43. The highest BCUT2D eigenvalue weighted by Crippen LogP contribution is 2.50. The molecule has 2 rings (SSSR count). The van der Waals surface area contributed by atoms with E-state index >= 15 is 0 Å². The summed E-state index contributed by atoms with van der Waals surface area (Å²) in [5.74, 6) is -0.574. The van der Waals surface area contributed by atoms with Crippen LogP contribution in [0, 0.1) is 31.6 Å². The first-order valence-corrected chi connectivity index (χ1v) is 11.4. The molecule has 158 valence electrons. The maximum absolute atomic E-state index is 11.3. The van der Waals surface area contributed by atoms with Crippen LogP contribution in [0.15, 0.2) is 6.07 Å². The SMILES string of the molecule is Cc1cc(CCCCCC2(C(=O)O)CC2)c(CCCCC(C)(C)C)c(C)c1C. The third-order valence-corrected chi connectivity index (χ3v) is 6.90. The van der Waals surface area contributed by atoms with Crippen LogP contribution in [-0.2, 0) is 17.6 Å². The van der Waals surface area contributed by atoms with Crippen LogP contribution in [0.5, 0.6) is 0 Å². The molecular weight excluding hydrogens is 344 g/mol. The van der Waals surface area contributed by atoms with Crippen molar-refractivity contribution in [3.05, 3.63) is 33.9 Å². The van der Waals surface area contributed by atoms with E-state index in [-0.39, 0.29) is 5.41 Å². The van der Waals surface area contributed by atoms with Gasteiger partial charge in [0.2, 0.25) is 0 Å². The maximum Gasteiger partial charge on any atom is 0.309 e. The Morgan fingerprint density at radius 2 is 1.61 bits per heavy atom. The highest BCUT2D eigenvalue weighted by molar-refractivity contribution is 5.77. The quantitative estimate of drug-likeness (QED) is 0.404. The van der Waals surface area contributed by atoms with Crippen LogP contribution in [0.2, 0.25) is 0 Å². The van der Waals surface area contributed by atoms with E-state index in [0.717, 1.165) is 38.5 Å². The van der Waals surface area contributed by atoms with Crippen LogP contribution in [0.4, 0.5) is 0 Å². The third-order valence-electron chi connectivity index (χ3n) is 6.90. The van der Waals surface area contributed by atoms with E-state index < -0.39 is 5.97 Å². The minimum absolute atomic E-state index is 0.352. The summed E-state index contributed by atoms with van der Waals surface area (Å²) >= 11 is 0. The molecule has 1 N–H and O–H groups in total. The minimum atomic E-state index is -0.574. The van der Waals surface area contributed by atoms with Gasteiger partial charge in [0.25, 0.3) is 0 Å². The van der Waals surface area contributed by atoms with Gasteiger partial charge in [0.15, 0.2) is 0 Å². The van der Waals surface area contributed by atoms with E-state index in [9.17, 15) is 9.90 Å². The van der Waals surface area contributed by atoms with Crippen molar-refractivity contribution in [3.8, 4) is 0 Å². The Balaban J connectivity index is 1.89. The van der Waals surface area contributed by atoms with Gasteiger partial charge in [-0.2, -0.15) is 0 Å². The molecule has 0 aliphatic heterocycles. The van der Waals surface area contributed by atoms with Crippen molar-refractivity contribution in [2.45, 2.75) is 112 Å². The second-order valence-corrected chi connectivity index (χ2v) is 10.5. The van der Waals surface area contributed by atoms with E-state index in [1.54, 1.807) is 5.56 Å². The number of aryl methyl sites for hydroxylation is 2. The molecule has 1 aromatic rings. The molecule has 0 atom stereocenters. The van der Waals surface area contributed by atoms with E-state index in [1.807, 2.05) is 0 Å². The number of rotatable bonds is 11. The van der Waals surface area contributed by atoms with Gasteiger partial charge in [-0.15, -0.1) is 0 Å². The molecule has 2 heteroatoms. The lowest BCUT2D eigenvalue weighted by molar-refractivity contribution is -0.143. The first kappa shape index (κ1) is 23.0. The van der Waals surface area contributed by atoms with Gasteiger partial charge in [-0.05, 0) is 105 Å². The molecule has 28 heavy (non-hydrogen) atoms. The fourth-order valence-corrected chi connectivity index (χ4v) is 4.43. The average molecular weight is 387 g/mol. The molecule has 1 fully saturated rings. The first-order chi connectivity index (χ1) is 13.1. The summed E-state index contributed by atoms with van der Waals surface area (Å²) in [6.07, 6.45) is 12.2. The van der Waals surface area contributed by atoms with Gasteiger partial charge in [-0.3, -0.25) is 4.79 Å². The highest BCUT2D eigenvalue weighted by atomic mass is 16.4. The molecule has 1 aliphatic rings. The number of unbranched alkanes of at least 4 members (excludes halogenated alkanes) is 3. The molecule has 1 aliphatic carbocycles. The van der Waals surface area contributed by atoms with Crippen LogP contribution in [0.1, 0.15) is 106 Å². The van der Waals surface area contributed by atoms with Gasteiger partial charge >= 0.3 is 5.97 Å². The molecule has 0 unspecified atom stereocenters. The van der Waals surface area contributed by atoms with Gasteiger partial charge in [-0.1, -0.05) is 46.1 Å². The number of benzene rings is 1. The molecule has 0 saturated heterocycles. The molecule has 0 bridgehead atoms. The predicted octanol–water partition coefficient (Wildman–Crippen LogP) is 7.34. The summed E-state index contributed by atoms with van der Waals surface area (Å²) < 4.78 is 0. The zero-order valence-electron chi connectivity index (χ0n) is 19.2. The lowest BCUT2D eigenvalue weighted by Crippen LogP contribution is -2.14. The fraction of sp³-hybridized carbons (Fsp3) is 0.731. The van der Waals surface area contributed by atoms with E-state index in [4.69, 9.17) is 0 Å². The zero-order chi connectivity index (χ0) is 20.9. The van der Waals surface area contributed by atoms with Crippen LogP contribution in [0.25, 0.3) is 0 Å². The van der Waals surface area contributed by atoms with Crippen molar-refractivity contribution in [2.75, 3.05) is 0 Å². The van der Waals surface area contributed by atoms with Gasteiger partial charge < -0.3 is 5.11 Å². The monoisotopic (exact) mass is 386 g/mol. The lowest BCUT2D eigenvalue weighted by Gasteiger charge is -2.20. The second kappa shape index (κ2) is 9.46. The third kappa shape index (κ3) is 6.36. The number of carboxylic acid groups (broad SMARTS) is 1. The van der Waals surface area contributed by atoms with Crippen LogP contribution < -0.4 is 0 Å². The molecule has 0 spiro atoms. The van der Waals surface area contributed by atoms with E-state index in [2.05, 4.69) is 47.6 Å². The Morgan fingerprint density at radius 1 is 0.964 bits per heavy atom. The molecule has 0 aromatic heterocycles. The van der Waals surface area contributed by atoms with Crippen LogP contribution in [0.3, 0.4) is 0 Å². The largest absolute Gasteiger partial charge is 0.481 e. The van der Waals surface area contributed by atoms with Crippen molar-refractivity contribution < 1.29 is 9.90 Å². The highest BCUT2D eigenvalue weighted by Gasteiger charge is 2.49. The van der Waals surface area contributed by atoms with Crippen molar-refractivity contribution in [1.82, 2.24) is 0 Å². The Labute approximate surface area is 173 Å². The predicted molar refractivity (Wildman–Crippen MR) is 119 cm³/mol. The second-order valence-electron chi connectivity index (χ2n) is 10.5. The van der Waals surface area contributed by atoms with Crippen molar-refractivity contribution >= 4 is 5.97 Å². The summed E-state index contributed by atoms with van der Waals surface area (Å²) in [5.41, 5.74) is 7.55. The zero-order valence-corrected chi connectivity index (χ0v) is 19.2. The molecule has 1 aromatic carbocycles. The summed E-state index contributed by atoms with van der Waals surface area (Å²) in [5, 5.41) is 9.31. The Kier molecular flexibility index (Phi) is 7.76. The van der Waals surface area contributed by atoms with Crippen LogP contribution in [-0.4, -0.2) is 11.1 Å². The lowest BCUT2D eigenvalue weighted by atomic mass is 9.86. The number of hydrogen-bond acceptors (Lipinski definition) is 1. The summed E-state index contributed by atoms with van der Waals surface area (Å²) in [6, 6.07) is 2.42. The Bertz CT molecular complexity index is 675. The van der Waals surface area contributed by atoms with Gasteiger partial charge in [-0.25, -0.2) is 0 Å². The summed E-state index contributed by atoms with van der Waals surface area (Å²) in [6.45, 7) is 13.8. The molecule has 1 saturated carbocycles. The van der Waals surface area contributed by atoms with Crippen molar-refractivity contribution in [2.24, 2.45) is 10.8 Å². The number of carbonyl (C=O) groups is 1. The number of hydrogen-bond donors (Lipinski definition) is 1. The summed E-state index contributed by atoms with van der Waals surface area (Å²) in [4.78, 5) is 11.3. The number of carboxylic acids is 1. The molecule has 0 amide bonds. The molecule has 0 heterocycles. The van der Waals surface area contributed by atoms with Gasteiger partial charge in [0, 0.05) is 0 Å². The van der Waals surface area contributed by atoms with Crippen molar-refractivity contribution in [1.29, 1.82) is 0 Å². The molecular formula is C26H42O2. The average Bonchev–Trinajstić information content (AvgIpc) is 3.38. The van der Waals surface area contributed by atoms with Crippen molar-refractivity contribution in [3.63, 3.8) is 0 Å². The molecule has 2 nitrogen and oxygen atoms in total. The topological polar surface area (TPSA) is 37.3 Å². The smallest absolute Gasteiger partial charge is 0.309 e. The number of aliphatic carboxylic acids is 1. The van der Waals surface area contributed by atoms with E-state index in [1.165, 1.54) is 54.4 Å². The summed E-state index contributed by atoms with van der Waals surface area (Å²) in [7, 11) is 0. The maximum atomic E-state index is 11.3. The van der Waals surface area contributed by atoms with Gasteiger partial charge in [0.1, 0.15) is 0 Å². The Morgan fingerprint density at radius 3 is 2.18 bits per heavy atom. The normalized spacial score (nSPS) is 15.6. The standard InChI is InChI=1S/C26H42O2/c1-19-18-22(12-8-7-10-15-26(16-17-26)24(27)28)23(21(3)20(19)2)13-9-11-14-25(4,5)6/h18H,7-17H2,1-6H3,(H,27,28). The molecule has 0 radical (unpaired) electrons. The minimum Gasteiger partial charge on any atom is -0.481 e. The van der Waals surface area contributed by atoms with Gasteiger partial charge in [0.05, 0.1) is 5.41 Å². The van der Waals surface area contributed by atoms with Crippen LogP contribution >= 0.6 is 0 Å².